The molecule has 1 aromatic carbocycles. The number of hydrogen-bond acceptors (Lipinski definition) is 4. The van der Waals surface area contributed by atoms with Crippen LogP contribution in [-0.2, 0) is 0 Å². The van der Waals surface area contributed by atoms with Crippen molar-refractivity contribution in [3.63, 3.8) is 0 Å². The van der Waals surface area contributed by atoms with Gasteiger partial charge in [-0.05, 0) is 38.1 Å². The SMILES string of the molecule is Cc1cc(C)n(-c2ncc(NC(=O)c3ccc(F)c(F)c3)cn2)n1. The van der Waals surface area contributed by atoms with Gasteiger partial charge in [-0.3, -0.25) is 4.79 Å². The summed E-state index contributed by atoms with van der Waals surface area (Å²) in [7, 11) is 0. The zero-order valence-corrected chi connectivity index (χ0v) is 12.9. The summed E-state index contributed by atoms with van der Waals surface area (Å²) in [5.74, 6) is -2.31. The smallest absolute Gasteiger partial charge is 0.255 e. The number of benzene rings is 1. The average Bonchev–Trinajstić information content (AvgIpc) is 2.89. The van der Waals surface area contributed by atoms with Crippen molar-refractivity contribution in [1.82, 2.24) is 19.7 Å². The van der Waals surface area contributed by atoms with E-state index in [0.29, 0.717) is 11.6 Å². The third-order valence-electron chi connectivity index (χ3n) is 3.28. The van der Waals surface area contributed by atoms with Gasteiger partial charge in [-0.15, -0.1) is 0 Å². The lowest BCUT2D eigenvalue weighted by Crippen LogP contribution is -2.13. The van der Waals surface area contributed by atoms with E-state index in [0.717, 1.165) is 23.5 Å². The number of rotatable bonds is 3. The molecule has 6 nitrogen and oxygen atoms in total. The number of carbonyl (C=O) groups excluding carboxylic acids is 1. The highest BCUT2D eigenvalue weighted by Crippen LogP contribution is 2.13. The van der Waals surface area contributed by atoms with Crippen LogP contribution in [0.4, 0.5) is 14.5 Å². The van der Waals surface area contributed by atoms with Crippen LogP contribution >= 0.6 is 0 Å². The second-order valence-electron chi connectivity index (χ2n) is 5.19. The van der Waals surface area contributed by atoms with Gasteiger partial charge >= 0.3 is 0 Å². The Balaban J connectivity index is 1.77. The van der Waals surface area contributed by atoms with Gasteiger partial charge in [0, 0.05) is 11.3 Å². The van der Waals surface area contributed by atoms with E-state index >= 15 is 0 Å². The summed E-state index contributed by atoms with van der Waals surface area (Å²) < 4.78 is 27.6. The van der Waals surface area contributed by atoms with Crippen LogP contribution in [0.5, 0.6) is 0 Å². The highest BCUT2D eigenvalue weighted by Gasteiger charge is 2.11. The molecule has 1 amide bonds. The van der Waals surface area contributed by atoms with Gasteiger partial charge in [0.2, 0.25) is 0 Å². The Morgan fingerprint density at radius 1 is 1.08 bits per heavy atom. The third-order valence-corrected chi connectivity index (χ3v) is 3.28. The molecule has 1 N–H and O–H groups in total. The van der Waals surface area contributed by atoms with Crippen molar-refractivity contribution in [2.75, 3.05) is 5.32 Å². The average molecular weight is 329 g/mol. The van der Waals surface area contributed by atoms with Crippen LogP contribution in [-0.4, -0.2) is 25.7 Å². The first-order valence-corrected chi connectivity index (χ1v) is 7.06. The molecule has 0 aliphatic rings. The second kappa shape index (κ2) is 6.15. The van der Waals surface area contributed by atoms with Gasteiger partial charge in [0.05, 0.1) is 23.8 Å². The molecule has 0 unspecified atom stereocenters. The van der Waals surface area contributed by atoms with Gasteiger partial charge in [-0.25, -0.2) is 23.4 Å². The van der Waals surface area contributed by atoms with Crippen LogP contribution in [0.2, 0.25) is 0 Å². The fourth-order valence-electron chi connectivity index (χ4n) is 2.17. The molecule has 2 heterocycles. The quantitative estimate of drug-likeness (QED) is 0.802. The van der Waals surface area contributed by atoms with Crippen LogP contribution in [0, 0.1) is 25.5 Å². The van der Waals surface area contributed by atoms with Crippen LogP contribution < -0.4 is 5.32 Å². The van der Waals surface area contributed by atoms with Gasteiger partial charge in [0.15, 0.2) is 11.6 Å². The fourth-order valence-corrected chi connectivity index (χ4v) is 2.17. The summed E-state index contributed by atoms with van der Waals surface area (Å²) in [4.78, 5) is 20.3. The van der Waals surface area contributed by atoms with Crippen molar-refractivity contribution >= 4 is 11.6 Å². The van der Waals surface area contributed by atoms with E-state index < -0.39 is 17.5 Å². The minimum atomic E-state index is -1.08. The van der Waals surface area contributed by atoms with Crippen molar-refractivity contribution < 1.29 is 13.6 Å². The van der Waals surface area contributed by atoms with Gasteiger partial charge in [-0.1, -0.05) is 0 Å². The summed E-state index contributed by atoms with van der Waals surface area (Å²) in [5, 5.41) is 6.78. The number of aryl methyl sites for hydroxylation is 2. The Hall–Kier alpha value is -3.16. The minimum absolute atomic E-state index is 0.00322. The van der Waals surface area contributed by atoms with Crippen LogP contribution in [0.3, 0.4) is 0 Å². The Bertz CT molecular complexity index is 905. The summed E-state index contributed by atoms with van der Waals surface area (Å²) in [6.45, 7) is 3.74. The number of halogens is 2. The number of carbonyl (C=O) groups is 1. The topological polar surface area (TPSA) is 72.7 Å². The van der Waals surface area contributed by atoms with E-state index in [9.17, 15) is 13.6 Å². The Morgan fingerprint density at radius 3 is 2.38 bits per heavy atom. The maximum Gasteiger partial charge on any atom is 0.255 e. The van der Waals surface area contributed by atoms with Gasteiger partial charge in [0.25, 0.3) is 11.9 Å². The highest BCUT2D eigenvalue weighted by molar-refractivity contribution is 6.04. The predicted octanol–water partition coefficient (Wildman–Crippen LogP) is 2.81. The molecule has 0 saturated heterocycles. The predicted molar refractivity (Wildman–Crippen MR) is 82.9 cm³/mol. The van der Waals surface area contributed by atoms with E-state index in [4.69, 9.17) is 0 Å². The number of nitrogens with zero attached hydrogens (tertiary/aromatic N) is 4. The summed E-state index contributed by atoms with van der Waals surface area (Å²) in [5.41, 5.74) is 2.05. The molecule has 0 bridgehead atoms. The molecule has 122 valence electrons. The highest BCUT2D eigenvalue weighted by atomic mass is 19.2. The first-order chi connectivity index (χ1) is 11.4. The summed E-state index contributed by atoms with van der Waals surface area (Å²) in [6.07, 6.45) is 2.83. The van der Waals surface area contributed by atoms with E-state index in [2.05, 4.69) is 20.4 Å². The lowest BCUT2D eigenvalue weighted by molar-refractivity contribution is 0.102. The second-order valence-corrected chi connectivity index (χ2v) is 5.19. The molecular formula is C16H13F2N5O. The third kappa shape index (κ3) is 3.12. The Kier molecular flexibility index (Phi) is 4.03. The molecule has 0 aliphatic carbocycles. The molecule has 0 aliphatic heterocycles. The normalized spacial score (nSPS) is 10.7. The standard InChI is InChI=1S/C16H13F2N5O/c1-9-5-10(2)23(22-9)16-19-7-12(8-20-16)21-15(24)11-3-4-13(17)14(18)6-11/h3-8H,1-2H3,(H,21,24). The summed E-state index contributed by atoms with van der Waals surface area (Å²) >= 11 is 0. The maximum atomic E-state index is 13.2. The van der Waals surface area contributed by atoms with Crippen LogP contribution in [0.25, 0.3) is 5.95 Å². The largest absolute Gasteiger partial charge is 0.319 e. The van der Waals surface area contributed by atoms with Gasteiger partial charge < -0.3 is 5.32 Å². The Labute approximate surface area is 136 Å². The van der Waals surface area contributed by atoms with Crippen molar-refractivity contribution in [1.29, 1.82) is 0 Å². The number of nitrogens with one attached hydrogen (secondary N) is 1. The van der Waals surface area contributed by atoms with Crippen molar-refractivity contribution in [2.45, 2.75) is 13.8 Å². The fraction of sp³-hybridized carbons (Fsp3) is 0.125. The lowest BCUT2D eigenvalue weighted by Gasteiger charge is -2.06. The molecule has 8 heteroatoms. The van der Waals surface area contributed by atoms with Gasteiger partial charge in [0.1, 0.15) is 0 Å². The molecule has 0 saturated carbocycles. The molecule has 2 aromatic heterocycles. The Morgan fingerprint density at radius 2 is 1.79 bits per heavy atom. The monoisotopic (exact) mass is 329 g/mol. The summed E-state index contributed by atoms with van der Waals surface area (Å²) in [6, 6.07) is 4.81. The maximum absolute atomic E-state index is 13.2. The van der Waals surface area contributed by atoms with Crippen molar-refractivity contribution in [2.24, 2.45) is 0 Å². The molecule has 0 fully saturated rings. The molecule has 24 heavy (non-hydrogen) atoms. The lowest BCUT2D eigenvalue weighted by atomic mass is 10.2. The minimum Gasteiger partial charge on any atom is -0.319 e. The molecule has 3 aromatic rings. The number of hydrogen-bond donors (Lipinski definition) is 1. The van der Waals surface area contributed by atoms with E-state index in [1.54, 1.807) is 4.68 Å². The number of anilines is 1. The molecule has 0 atom stereocenters. The van der Waals surface area contributed by atoms with Crippen molar-refractivity contribution in [3.8, 4) is 5.95 Å². The van der Waals surface area contributed by atoms with E-state index in [1.807, 2.05) is 19.9 Å². The van der Waals surface area contributed by atoms with Gasteiger partial charge in [-0.2, -0.15) is 5.10 Å². The zero-order chi connectivity index (χ0) is 17.3. The van der Waals surface area contributed by atoms with E-state index in [-0.39, 0.29) is 5.56 Å². The molecular weight excluding hydrogens is 316 g/mol. The molecule has 0 radical (unpaired) electrons. The van der Waals surface area contributed by atoms with Crippen LogP contribution in [0.15, 0.2) is 36.7 Å². The first-order valence-electron chi connectivity index (χ1n) is 7.06. The van der Waals surface area contributed by atoms with Crippen LogP contribution in [0.1, 0.15) is 21.7 Å². The number of amides is 1. The number of aromatic nitrogens is 4. The van der Waals surface area contributed by atoms with E-state index in [1.165, 1.54) is 18.5 Å². The molecule has 3 rings (SSSR count). The molecule has 0 spiro atoms. The van der Waals surface area contributed by atoms with Crippen molar-refractivity contribution in [3.05, 3.63) is 65.2 Å². The zero-order valence-electron chi connectivity index (χ0n) is 12.9. The first kappa shape index (κ1) is 15.7.